The zero-order valence-electron chi connectivity index (χ0n) is 19.2. The molecule has 13 heteroatoms. The Hall–Kier alpha value is -4.81. The number of aromatic nitrogens is 4. The third-order valence-corrected chi connectivity index (χ3v) is 6.19. The molecule has 2 aromatic heterocycles. The van der Waals surface area contributed by atoms with Gasteiger partial charge in [0.2, 0.25) is 5.91 Å². The number of benzene rings is 2. The average molecular weight is 508 g/mol. The number of rotatable bonds is 5. The number of imidazole rings is 1. The average Bonchev–Trinajstić information content (AvgIpc) is 3.57. The highest BCUT2D eigenvalue weighted by molar-refractivity contribution is 5.99. The number of nitrogens with one attached hydrogen (secondary N) is 2. The summed E-state index contributed by atoms with van der Waals surface area (Å²) in [6, 6.07) is 9.18. The van der Waals surface area contributed by atoms with E-state index in [1.54, 1.807) is 25.1 Å². The lowest BCUT2D eigenvalue weighted by Gasteiger charge is -2.21. The maximum atomic E-state index is 13.4. The van der Waals surface area contributed by atoms with E-state index in [2.05, 4.69) is 29.9 Å². The van der Waals surface area contributed by atoms with Gasteiger partial charge < -0.3 is 24.7 Å². The van der Waals surface area contributed by atoms with Gasteiger partial charge in [0.05, 0.1) is 6.33 Å². The van der Waals surface area contributed by atoms with Crippen LogP contribution in [-0.2, 0) is 17.9 Å². The van der Waals surface area contributed by atoms with E-state index in [9.17, 15) is 23.2 Å². The van der Waals surface area contributed by atoms with Crippen LogP contribution in [0.2, 0.25) is 0 Å². The molecule has 0 saturated carbocycles. The Balaban J connectivity index is 1.35. The first kappa shape index (κ1) is 22.6. The molecular weight excluding hydrogens is 490 g/mol. The Bertz CT molecular complexity index is 1660. The first-order valence-corrected chi connectivity index (χ1v) is 11.3. The van der Waals surface area contributed by atoms with Crippen molar-refractivity contribution in [3.63, 3.8) is 0 Å². The van der Waals surface area contributed by atoms with Gasteiger partial charge in [-0.2, -0.15) is 5.10 Å². The number of hydrogen-bond donors (Lipinski definition) is 2. The highest BCUT2D eigenvalue weighted by atomic mass is 19.3. The fourth-order valence-corrected chi connectivity index (χ4v) is 4.48. The molecule has 2 aliphatic heterocycles. The van der Waals surface area contributed by atoms with Crippen molar-refractivity contribution in [2.45, 2.75) is 26.3 Å². The summed E-state index contributed by atoms with van der Waals surface area (Å²) in [5.41, 5.74) is 2.56. The van der Waals surface area contributed by atoms with E-state index in [1.807, 2.05) is 0 Å². The fraction of sp³-hybridized carbons (Fsp3) is 0.208. The molecule has 0 bridgehead atoms. The van der Waals surface area contributed by atoms with Crippen molar-refractivity contribution in [1.29, 1.82) is 0 Å². The molecule has 0 radical (unpaired) electrons. The van der Waals surface area contributed by atoms with Crippen molar-refractivity contribution in [2.24, 2.45) is 0 Å². The van der Waals surface area contributed by atoms with Gasteiger partial charge in [-0.05, 0) is 36.8 Å². The minimum Gasteiger partial charge on any atom is -0.395 e. The van der Waals surface area contributed by atoms with Gasteiger partial charge in [0.1, 0.15) is 23.3 Å². The van der Waals surface area contributed by atoms with Gasteiger partial charge in [-0.15, -0.1) is 8.78 Å². The molecule has 6 rings (SSSR count). The number of aromatic amines is 1. The minimum absolute atomic E-state index is 0.143. The van der Waals surface area contributed by atoms with E-state index in [4.69, 9.17) is 0 Å². The lowest BCUT2D eigenvalue weighted by atomic mass is 10.0. The van der Waals surface area contributed by atoms with E-state index in [0.29, 0.717) is 34.6 Å². The molecule has 2 amide bonds. The third kappa shape index (κ3) is 3.75. The predicted molar refractivity (Wildman–Crippen MR) is 125 cm³/mol. The van der Waals surface area contributed by atoms with E-state index < -0.39 is 24.3 Å². The molecule has 0 atom stereocenters. The summed E-state index contributed by atoms with van der Waals surface area (Å²) in [6.07, 6.45) is -2.42. The number of carbonyl (C=O) groups excluding carboxylic acids is 2. The predicted octanol–water partition coefficient (Wildman–Crippen LogP) is 2.40. The molecule has 0 saturated heterocycles. The van der Waals surface area contributed by atoms with Crippen molar-refractivity contribution >= 4 is 28.5 Å². The molecule has 4 aromatic rings. The van der Waals surface area contributed by atoms with Crippen LogP contribution in [0.1, 0.15) is 22.8 Å². The number of amides is 2. The summed E-state index contributed by atoms with van der Waals surface area (Å²) in [5.74, 6) is -1.01. The lowest BCUT2D eigenvalue weighted by Crippen LogP contribution is -2.37. The van der Waals surface area contributed by atoms with Crippen LogP contribution in [0.4, 0.5) is 14.5 Å². The van der Waals surface area contributed by atoms with Crippen molar-refractivity contribution in [3.05, 3.63) is 64.2 Å². The van der Waals surface area contributed by atoms with Crippen molar-refractivity contribution < 1.29 is 27.8 Å². The van der Waals surface area contributed by atoms with Crippen molar-refractivity contribution in [1.82, 2.24) is 25.1 Å². The normalized spacial score (nSPS) is 15.1. The molecule has 4 heterocycles. The number of nitrogens with zero attached hydrogens (tertiary/aromatic N) is 4. The Morgan fingerprint density at radius 1 is 1.16 bits per heavy atom. The number of hydrogen-bond acceptors (Lipinski definition) is 7. The second-order valence-corrected chi connectivity index (χ2v) is 8.43. The SMILES string of the molecule is CCN(C(=O)Cn1nc(-c2ccc3c(c2)CNC3=O)c2nc[nH]c2c1=O)c1ccc2c(c1)OC(F)(F)O2. The number of likely N-dealkylation sites (N-methyl/N-ethyl adjacent to an activating group) is 1. The van der Waals surface area contributed by atoms with Gasteiger partial charge in [-0.3, -0.25) is 14.4 Å². The highest BCUT2D eigenvalue weighted by Gasteiger charge is 2.43. The van der Waals surface area contributed by atoms with E-state index in [-0.39, 0.29) is 29.5 Å². The maximum absolute atomic E-state index is 13.4. The molecule has 2 N–H and O–H groups in total. The molecule has 37 heavy (non-hydrogen) atoms. The zero-order valence-corrected chi connectivity index (χ0v) is 19.2. The van der Waals surface area contributed by atoms with Crippen LogP contribution in [0, 0.1) is 0 Å². The third-order valence-electron chi connectivity index (χ3n) is 6.19. The molecule has 188 valence electrons. The minimum atomic E-state index is -3.78. The second-order valence-electron chi connectivity index (χ2n) is 8.43. The number of ether oxygens (including phenoxy) is 2. The molecule has 0 fully saturated rings. The van der Waals surface area contributed by atoms with Crippen LogP contribution in [0.15, 0.2) is 47.5 Å². The number of alkyl halides is 2. The monoisotopic (exact) mass is 508 g/mol. The van der Waals surface area contributed by atoms with Gasteiger partial charge >= 0.3 is 6.29 Å². The Kier molecular flexibility index (Phi) is 4.97. The van der Waals surface area contributed by atoms with E-state index in [0.717, 1.165) is 10.2 Å². The summed E-state index contributed by atoms with van der Waals surface area (Å²) < 4.78 is 36.8. The fourth-order valence-electron chi connectivity index (χ4n) is 4.48. The molecule has 11 nitrogen and oxygen atoms in total. The Morgan fingerprint density at radius 3 is 2.78 bits per heavy atom. The Labute approximate surface area is 206 Å². The summed E-state index contributed by atoms with van der Waals surface area (Å²) >= 11 is 0. The topological polar surface area (TPSA) is 131 Å². The number of anilines is 1. The largest absolute Gasteiger partial charge is 0.586 e. The van der Waals surface area contributed by atoms with Gasteiger partial charge in [0.15, 0.2) is 11.5 Å². The van der Waals surface area contributed by atoms with Crippen LogP contribution >= 0.6 is 0 Å². The van der Waals surface area contributed by atoms with Crippen LogP contribution in [0.25, 0.3) is 22.3 Å². The van der Waals surface area contributed by atoms with Gasteiger partial charge in [0.25, 0.3) is 11.5 Å². The number of H-pyrrole nitrogens is 1. The Morgan fingerprint density at radius 2 is 1.97 bits per heavy atom. The standard InChI is InChI=1S/C24H18F2N6O5/c1-2-31(14-4-6-16-17(8-14)37-24(25,26)36-16)18(33)10-32-23(35)21-20(28-11-29-21)19(30-32)12-3-5-15-13(7-12)9-27-22(15)34/h3-8,11H,2,9-10H2,1H3,(H,27,34)(H,28,29). The van der Waals surface area contributed by atoms with Gasteiger partial charge in [-0.1, -0.05) is 6.07 Å². The lowest BCUT2D eigenvalue weighted by molar-refractivity contribution is -0.286. The molecule has 2 aliphatic rings. The molecule has 0 spiro atoms. The maximum Gasteiger partial charge on any atom is 0.586 e. The number of fused-ring (bicyclic) bond motifs is 3. The van der Waals surface area contributed by atoms with Crippen LogP contribution < -0.4 is 25.2 Å². The quantitative estimate of drug-likeness (QED) is 0.423. The van der Waals surface area contributed by atoms with Crippen molar-refractivity contribution in [3.8, 4) is 22.8 Å². The van der Waals surface area contributed by atoms with Gasteiger partial charge in [0, 0.05) is 36.0 Å². The van der Waals surface area contributed by atoms with Crippen LogP contribution in [0.5, 0.6) is 11.5 Å². The van der Waals surface area contributed by atoms with Crippen molar-refractivity contribution in [2.75, 3.05) is 11.4 Å². The molecule has 2 aromatic carbocycles. The molecule has 0 unspecified atom stereocenters. The molecule has 0 aliphatic carbocycles. The number of carbonyl (C=O) groups is 2. The zero-order chi connectivity index (χ0) is 25.9. The highest BCUT2D eigenvalue weighted by Crippen LogP contribution is 2.42. The first-order chi connectivity index (χ1) is 17.7. The van der Waals surface area contributed by atoms with E-state index in [1.165, 1.54) is 29.4 Å². The first-order valence-electron chi connectivity index (χ1n) is 11.3. The van der Waals surface area contributed by atoms with Gasteiger partial charge in [-0.25, -0.2) is 9.67 Å². The molecular formula is C24H18F2N6O5. The van der Waals surface area contributed by atoms with E-state index >= 15 is 0 Å². The summed E-state index contributed by atoms with van der Waals surface area (Å²) in [5, 5.41) is 7.19. The number of halogens is 2. The van der Waals surface area contributed by atoms with Crippen LogP contribution in [-0.4, -0.2) is 44.4 Å². The summed E-state index contributed by atoms with van der Waals surface area (Å²) in [7, 11) is 0. The van der Waals surface area contributed by atoms with Crippen LogP contribution in [0.3, 0.4) is 0 Å². The summed E-state index contributed by atoms with van der Waals surface area (Å²) in [4.78, 5) is 46.6. The summed E-state index contributed by atoms with van der Waals surface area (Å²) in [6.45, 7) is 1.84. The smallest absolute Gasteiger partial charge is 0.395 e. The second kappa shape index (κ2) is 8.11.